The van der Waals surface area contributed by atoms with E-state index in [1.54, 1.807) is 6.07 Å². The summed E-state index contributed by atoms with van der Waals surface area (Å²) >= 11 is 5.99. The molecule has 0 unspecified atom stereocenters. The molecule has 0 aliphatic heterocycles. The molecule has 0 spiro atoms. The molecule has 1 amide bonds. The number of nitrogens with one attached hydrogen (secondary N) is 1. The molecule has 0 fully saturated rings. The lowest BCUT2D eigenvalue weighted by Crippen LogP contribution is -2.30. The third-order valence-electron chi connectivity index (χ3n) is 2.38. The minimum Gasteiger partial charge on any atom is -0.484 e. The highest BCUT2D eigenvalue weighted by molar-refractivity contribution is 6.32. The minimum atomic E-state index is -0.524. The van der Waals surface area contributed by atoms with Crippen LogP contribution in [0.15, 0.2) is 28.8 Å². The number of amides is 1. The topological polar surface area (TPSA) is 90.4 Å². The van der Waals surface area contributed by atoms with Gasteiger partial charge in [0.15, 0.2) is 11.5 Å². The van der Waals surface area contributed by atoms with Crippen LogP contribution in [0.1, 0.15) is 21.8 Å². The smallest absolute Gasteiger partial charge is 0.287 e. The van der Waals surface area contributed by atoms with Crippen LogP contribution in [-0.4, -0.2) is 11.1 Å². The number of halogens is 1. The average molecular weight is 282 g/mol. The molecule has 0 atom stereocenters. The Morgan fingerprint density at radius 2 is 2.32 bits per heavy atom. The normalized spacial score (nSPS) is 10.3. The molecular weight excluding hydrogens is 270 g/mol. The first-order chi connectivity index (χ1) is 9.10. The van der Waals surface area contributed by atoms with E-state index in [0.29, 0.717) is 16.5 Å². The summed E-state index contributed by atoms with van der Waals surface area (Å²) in [6, 6.07) is 6.89. The zero-order valence-corrected chi connectivity index (χ0v) is 10.9. The van der Waals surface area contributed by atoms with Gasteiger partial charge in [-0.25, -0.2) is 5.84 Å². The molecule has 0 radical (unpaired) electrons. The van der Waals surface area contributed by atoms with Gasteiger partial charge in [-0.05, 0) is 24.6 Å². The lowest BCUT2D eigenvalue weighted by molar-refractivity contribution is 0.0944. The van der Waals surface area contributed by atoms with Crippen LogP contribution in [0.2, 0.25) is 5.02 Å². The number of carbonyl (C=O) groups excluding carboxylic acids is 1. The predicted molar refractivity (Wildman–Crippen MR) is 68.7 cm³/mol. The van der Waals surface area contributed by atoms with Gasteiger partial charge < -0.3 is 9.26 Å². The number of benzene rings is 1. The van der Waals surface area contributed by atoms with Crippen LogP contribution in [-0.2, 0) is 6.61 Å². The van der Waals surface area contributed by atoms with Crippen LogP contribution in [0.4, 0.5) is 0 Å². The number of carbonyl (C=O) groups is 1. The summed E-state index contributed by atoms with van der Waals surface area (Å²) < 4.78 is 10.4. The predicted octanol–water partition coefficient (Wildman–Crippen LogP) is 1.82. The number of hydrazine groups is 1. The lowest BCUT2D eigenvalue weighted by Gasteiger charge is -2.06. The van der Waals surface area contributed by atoms with E-state index in [1.165, 1.54) is 6.07 Å². The first-order valence-corrected chi connectivity index (χ1v) is 5.83. The van der Waals surface area contributed by atoms with Crippen molar-refractivity contribution in [1.82, 2.24) is 10.6 Å². The molecule has 6 nitrogen and oxygen atoms in total. The molecule has 1 heterocycles. The van der Waals surface area contributed by atoms with E-state index in [9.17, 15) is 4.79 Å². The second-order valence-electron chi connectivity index (χ2n) is 3.87. The Balaban J connectivity index is 2.04. The van der Waals surface area contributed by atoms with E-state index < -0.39 is 5.91 Å². The summed E-state index contributed by atoms with van der Waals surface area (Å²) in [6.45, 7) is 2.05. The fraction of sp³-hybridized carbons (Fsp3) is 0.167. The van der Waals surface area contributed by atoms with Crippen molar-refractivity contribution in [3.8, 4) is 5.75 Å². The van der Waals surface area contributed by atoms with E-state index >= 15 is 0 Å². The summed E-state index contributed by atoms with van der Waals surface area (Å²) in [6.07, 6.45) is 0. The molecule has 0 saturated heterocycles. The van der Waals surface area contributed by atoms with Gasteiger partial charge in [0.1, 0.15) is 12.4 Å². The van der Waals surface area contributed by atoms with Gasteiger partial charge in [0.05, 0.1) is 5.02 Å². The van der Waals surface area contributed by atoms with Crippen LogP contribution in [0.5, 0.6) is 5.75 Å². The summed E-state index contributed by atoms with van der Waals surface area (Å²) in [5.74, 6) is 5.40. The molecule has 1 aromatic heterocycles. The van der Waals surface area contributed by atoms with Crippen molar-refractivity contribution in [3.63, 3.8) is 0 Å². The van der Waals surface area contributed by atoms with Gasteiger partial charge in [-0.1, -0.05) is 22.8 Å². The molecule has 100 valence electrons. The maximum atomic E-state index is 11.2. The van der Waals surface area contributed by atoms with Crippen molar-refractivity contribution in [1.29, 1.82) is 0 Å². The number of hydrogen-bond acceptors (Lipinski definition) is 5. The number of nitrogen functional groups attached to an aromatic ring is 1. The SMILES string of the molecule is Cc1ccc(Cl)c(OCc2cc(C(=O)NN)no2)c1. The van der Waals surface area contributed by atoms with Crippen molar-refractivity contribution in [3.05, 3.63) is 46.3 Å². The Hall–Kier alpha value is -2.05. The van der Waals surface area contributed by atoms with Crippen LogP contribution < -0.4 is 16.0 Å². The van der Waals surface area contributed by atoms with Crippen LogP contribution in [0, 0.1) is 6.92 Å². The molecule has 0 bridgehead atoms. The third kappa shape index (κ3) is 3.24. The van der Waals surface area contributed by atoms with Gasteiger partial charge in [0.25, 0.3) is 5.91 Å². The van der Waals surface area contributed by atoms with Gasteiger partial charge >= 0.3 is 0 Å². The van der Waals surface area contributed by atoms with Gasteiger partial charge in [0.2, 0.25) is 0 Å². The van der Waals surface area contributed by atoms with Crippen molar-refractivity contribution < 1.29 is 14.1 Å². The fourth-order valence-corrected chi connectivity index (χ4v) is 1.60. The zero-order chi connectivity index (χ0) is 13.8. The number of hydrogen-bond donors (Lipinski definition) is 2. The number of rotatable bonds is 4. The lowest BCUT2D eigenvalue weighted by atomic mass is 10.2. The Bertz CT molecular complexity index is 598. The summed E-state index contributed by atoms with van der Waals surface area (Å²) in [4.78, 5) is 11.2. The molecule has 2 aromatic rings. The molecule has 0 saturated carbocycles. The van der Waals surface area contributed by atoms with Crippen molar-refractivity contribution in [2.45, 2.75) is 13.5 Å². The van der Waals surface area contributed by atoms with Crippen molar-refractivity contribution in [2.24, 2.45) is 5.84 Å². The highest BCUT2D eigenvalue weighted by Crippen LogP contribution is 2.26. The summed E-state index contributed by atoms with van der Waals surface area (Å²) in [5.41, 5.74) is 3.08. The van der Waals surface area contributed by atoms with Crippen LogP contribution in [0.3, 0.4) is 0 Å². The third-order valence-corrected chi connectivity index (χ3v) is 2.69. The van der Waals surface area contributed by atoms with E-state index in [1.807, 2.05) is 24.5 Å². The van der Waals surface area contributed by atoms with Gasteiger partial charge in [-0.3, -0.25) is 10.2 Å². The zero-order valence-electron chi connectivity index (χ0n) is 10.1. The van der Waals surface area contributed by atoms with Crippen LogP contribution >= 0.6 is 11.6 Å². The van der Waals surface area contributed by atoms with Crippen molar-refractivity contribution >= 4 is 17.5 Å². The molecule has 1 aromatic carbocycles. The average Bonchev–Trinajstić information content (AvgIpc) is 2.88. The van der Waals surface area contributed by atoms with Crippen molar-refractivity contribution in [2.75, 3.05) is 0 Å². The molecule has 7 heteroatoms. The Morgan fingerprint density at radius 3 is 3.05 bits per heavy atom. The van der Waals surface area contributed by atoms with Gasteiger partial charge in [-0.2, -0.15) is 0 Å². The first kappa shape index (κ1) is 13.4. The Morgan fingerprint density at radius 1 is 1.53 bits per heavy atom. The highest BCUT2D eigenvalue weighted by Gasteiger charge is 2.12. The van der Waals surface area contributed by atoms with E-state index in [4.69, 9.17) is 26.7 Å². The van der Waals surface area contributed by atoms with Crippen LogP contribution in [0.25, 0.3) is 0 Å². The Kier molecular flexibility index (Phi) is 4.03. The Labute approximate surface area is 114 Å². The highest BCUT2D eigenvalue weighted by atomic mass is 35.5. The second kappa shape index (κ2) is 5.73. The van der Waals surface area contributed by atoms with Gasteiger partial charge in [-0.15, -0.1) is 0 Å². The summed E-state index contributed by atoms with van der Waals surface area (Å²) in [7, 11) is 0. The molecule has 0 aliphatic carbocycles. The quantitative estimate of drug-likeness (QED) is 0.507. The molecule has 3 N–H and O–H groups in total. The van der Waals surface area contributed by atoms with E-state index in [-0.39, 0.29) is 12.3 Å². The van der Waals surface area contributed by atoms with Gasteiger partial charge in [0, 0.05) is 6.07 Å². The number of aromatic nitrogens is 1. The number of aryl methyl sites for hydroxylation is 1. The minimum absolute atomic E-state index is 0.0939. The number of nitrogens with zero attached hydrogens (tertiary/aromatic N) is 1. The fourth-order valence-electron chi connectivity index (χ4n) is 1.43. The molecule has 0 aliphatic rings. The standard InChI is InChI=1S/C12H12ClN3O3/c1-7-2-3-9(13)11(4-7)18-6-8-5-10(16-19-8)12(17)15-14/h2-5H,6,14H2,1H3,(H,15,17). The maximum absolute atomic E-state index is 11.2. The molecule has 19 heavy (non-hydrogen) atoms. The second-order valence-corrected chi connectivity index (χ2v) is 4.28. The first-order valence-electron chi connectivity index (χ1n) is 5.45. The molecular formula is C12H12ClN3O3. The maximum Gasteiger partial charge on any atom is 0.287 e. The number of ether oxygens (including phenoxy) is 1. The monoisotopic (exact) mass is 281 g/mol. The van der Waals surface area contributed by atoms with E-state index in [0.717, 1.165) is 5.56 Å². The molecule has 2 rings (SSSR count). The largest absolute Gasteiger partial charge is 0.484 e. The van der Waals surface area contributed by atoms with E-state index in [2.05, 4.69) is 5.16 Å². The summed E-state index contributed by atoms with van der Waals surface area (Å²) in [5, 5.41) is 4.06. The number of nitrogens with two attached hydrogens (primary N) is 1.